The number of aromatic nitrogens is 1. The summed E-state index contributed by atoms with van der Waals surface area (Å²) in [6.45, 7) is 5.75. The summed E-state index contributed by atoms with van der Waals surface area (Å²) < 4.78 is 5.68. The van der Waals surface area contributed by atoms with E-state index in [1.807, 2.05) is 13.8 Å². The molecule has 1 aromatic heterocycles. The number of hydrogen-bond acceptors (Lipinski definition) is 4. The van der Waals surface area contributed by atoms with Crippen LogP contribution in [-0.2, 0) is 11.3 Å². The fourth-order valence-corrected chi connectivity index (χ4v) is 3.53. The smallest absolute Gasteiger partial charge is 0.208 e. The van der Waals surface area contributed by atoms with Crippen LogP contribution in [0.4, 0.5) is 0 Å². The first-order chi connectivity index (χ1) is 9.15. The molecule has 4 heteroatoms. The fourth-order valence-electron chi connectivity index (χ4n) is 3.53. The Kier molecular flexibility index (Phi) is 3.44. The Morgan fingerprint density at radius 1 is 1.32 bits per heavy atom. The average Bonchev–Trinajstić information content (AvgIpc) is 3.03. The van der Waals surface area contributed by atoms with Gasteiger partial charge in [-0.1, -0.05) is 0 Å². The lowest BCUT2D eigenvalue weighted by molar-refractivity contribution is -0.122. The topological polar surface area (TPSA) is 46.3 Å². The first-order valence-electron chi connectivity index (χ1n) is 7.35. The standard InChI is InChI=1S/C15H22N2O2/c1-10-11(2)19-15(16-10)9-17-8-4-6-13(17)12-5-3-7-14(12)18/h12-13H,3-9H2,1-2H3. The second-order valence-corrected chi connectivity index (χ2v) is 5.89. The van der Waals surface area contributed by atoms with E-state index in [4.69, 9.17) is 4.42 Å². The Labute approximate surface area is 114 Å². The van der Waals surface area contributed by atoms with Crippen LogP contribution in [0.3, 0.4) is 0 Å². The summed E-state index contributed by atoms with van der Waals surface area (Å²) in [5.41, 5.74) is 0.975. The van der Waals surface area contributed by atoms with Crippen LogP contribution in [0.15, 0.2) is 4.42 Å². The lowest BCUT2D eigenvalue weighted by atomic mass is 9.95. The zero-order valence-corrected chi connectivity index (χ0v) is 11.8. The number of carbonyl (C=O) groups excluding carboxylic acids is 1. The number of nitrogens with zero attached hydrogens (tertiary/aromatic N) is 2. The summed E-state index contributed by atoms with van der Waals surface area (Å²) in [6.07, 6.45) is 5.27. The normalized spacial score (nSPS) is 28.4. The third-order valence-electron chi connectivity index (χ3n) is 4.64. The Bertz CT molecular complexity index is 461. The lowest BCUT2D eigenvalue weighted by Crippen LogP contribution is -2.37. The monoisotopic (exact) mass is 262 g/mol. The van der Waals surface area contributed by atoms with Gasteiger partial charge in [-0.25, -0.2) is 4.98 Å². The second kappa shape index (κ2) is 5.08. The molecular weight excluding hydrogens is 240 g/mol. The van der Waals surface area contributed by atoms with Gasteiger partial charge < -0.3 is 4.42 Å². The van der Waals surface area contributed by atoms with Gasteiger partial charge in [-0.15, -0.1) is 0 Å². The molecule has 2 heterocycles. The van der Waals surface area contributed by atoms with E-state index in [1.165, 1.54) is 6.42 Å². The van der Waals surface area contributed by atoms with Crippen molar-refractivity contribution in [3.8, 4) is 0 Å². The van der Waals surface area contributed by atoms with Gasteiger partial charge in [-0.3, -0.25) is 9.69 Å². The van der Waals surface area contributed by atoms with Crippen molar-refractivity contribution in [2.75, 3.05) is 6.54 Å². The third kappa shape index (κ3) is 2.46. The van der Waals surface area contributed by atoms with Crippen molar-refractivity contribution >= 4 is 5.78 Å². The van der Waals surface area contributed by atoms with Gasteiger partial charge in [0.05, 0.1) is 12.2 Å². The Morgan fingerprint density at radius 3 is 2.79 bits per heavy atom. The Morgan fingerprint density at radius 2 is 2.16 bits per heavy atom. The van der Waals surface area contributed by atoms with Crippen molar-refractivity contribution < 1.29 is 9.21 Å². The summed E-state index contributed by atoms with van der Waals surface area (Å²) in [4.78, 5) is 18.8. The minimum atomic E-state index is 0.264. The van der Waals surface area contributed by atoms with Crippen molar-refractivity contribution in [3.05, 3.63) is 17.3 Å². The van der Waals surface area contributed by atoms with Gasteiger partial charge >= 0.3 is 0 Å². The van der Waals surface area contributed by atoms with Crippen molar-refractivity contribution in [1.29, 1.82) is 0 Å². The molecular formula is C15H22N2O2. The van der Waals surface area contributed by atoms with Crippen LogP contribution < -0.4 is 0 Å². The molecule has 2 fully saturated rings. The summed E-state index contributed by atoms with van der Waals surface area (Å²) in [6, 6.07) is 0.419. The van der Waals surface area contributed by atoms with E-state index in [0.29, 0.717) is 11.8 Å². The quantitative estimate of drug-likeness (QED) is 0.840. The predicted octanol–water partition coefficient (Wildman–Crippen LogP) is 2.63. The lowest BCUT2D eigenvalue weighted by Gasteiger charge is -2.27. The third-order valence-corrected chi connectivity index (χ3v) is 4.64. The maximum absolute atomic E-state index is 12.0. The molecule has 0 N–H and O–H groups in total. The molecule has 1 aliphatic heterocycles. The molecule has 1 saturated heterocycles. The molecule has 0 bridgehead atoms. The van der Waals surface area contributed by atoms with Gasteiger partial charge in [0.15, 0.2) is 0 Å². The van der Waals surface area contributed by atoms with Gasteiger partial charge in [-0.05, 0) is 46.1 Å². The van der Waals surface area contributed by atoms with Crippen molar-refractivity contribution in [1.82, 2.24) is 9.88 Å². The molecule has 0 aromatic carbocycles. The largest absolute Gasteiger partial charge is 0.444 e. The molecule has 1 saturated carbocycles. The van der Waals surface area contributed by atoms with E-state index in [9.17, 15) is 4.79 Å². The van der Waals surface area contributed by atoms with Gasteiger partial charge in [0.25, 0.3) is 0 Å². The molecule has 2 atom stereocenters. The number of likely N-dealkylation sites (tertiary alicyclic amines) is 1. The van der Waals surface area contributed by atoms with Gasteiger partial charge in [0.1, 0.15) is 11.5 Å². The molecule has 19 heavy (non-hydrogen) atoms. The second-order valence-electron chi connectivity index (χ2n) is 5.89. The highest BCUT2D eigenvalue weighted by atomic mass is 16.4. The van der Waals surface area contributed by atoms with E-state index >= 15 is 0 Å². The zero-order chi connectivity index (χ0) is 13.4. The molecule has 1 aliphatic carbocycles. The van der Waals surface area contributed by atoms with E-state index in [-0.39, 0.29) is 5.92 Å². The SMILES string of the molecule is Cc1nc(CN2CCCC2C2CCCC2=O)oc1C. The predicted molar refractivity (Wildman–Crippen MR) is 71.8 cm³/mol. The Hall–Kier alpha value is -1.16. The van der Waals surface area contributed by atoms with E-state index in [2.05, 4.69) is 9.88 Å². The molecule has 1 aromatic rings. The number of Topliss-reactive ketones (excluding diaryl/α,β-unsaturated/α-hetero) is 1. The van der Waals surface area contributed by atoms with Crippen LogP contribution in [0.5, 0.6) is 0 Å². The van der Waals surface area contributed by atoms with Crippen LogP contribution >= 0.6 is 0 Å². The van der Waals surface area contributed by atoms with Crippen LogP contribution in [0.2, 0.25) is 0 Å². The maximum Gasteiger partial charge on any atom is 0.208 e. The molecule has 2 aliphatic rings. The minimum Gasteiger partial charge on any atom is -0.444 e. The minimum absolute atomic E-state index is 0.264. The fraction of sp³-hybridized carbons (Fsp3) is 0.733. The molecule has 0 radical (unpaired) electrons. The van der Waals surface area contributed by atoms with Gasteiger partial charge in [0.2, 0.25) is 5.89 Å². The first-order valence-corrected chi connectivity index (χ1v) is 7.35. The van der Waals surface area contributed by atoms with Crippen LogP contribution in [0.25, 0.3) is 0 Å². The molecule has 104 valence electrons. The van der Waals surface area contributed by atoms with Crippen molar-refractivity contribution in [2.24, 2.45) is 5.92 Å². The number of aryl methyl sites for hydroxylation is 2. The molecule has 0 amide bonds. The average molecular weight is 262 g/mol. The van der Waals surface area contributed by atoms with E-state index in [0.717, 1.165) is 56.1 Å². The maximum atomic E-state index is 12.0. The van der Waals surface area contributed by atoms with Crippen LogP contribution in [0, 0.1) is 19.8 Å². The zero-order valence-electron chi connectivity index (χ0n) is 11.8. The molecule has 4 nitrogen and oxygen atoms in total. The van der Waals surface area contributed by atoms with Crippen LogP contribution in [-0.4, -0.2) is 28.3 Å². The summed E-state index contributed by atoms with van der Waals surface area (Å²) in [7, 11) is 0. The number of hydrogen-bond donors (Lipinski definition) is 0. The molecule has 0 spiro atoms. The summed E-state index contributed by atoms with van der Waals surface area (Å²) >= 11 is 0. The highest BCUT2D eigenvalue weighted by Crippen LogP contribution is 2.34. The molecule has 2 unspecified atom stereocenters. The summed E-state index contributed by atoms with van der Waals surface area (Å²) in [5, 5.41) is 0. The first kappa shape index (κ1) is 12.9. The number of carbonyl (C=O) groups is 1. The summed E-state index contributed by atoms with van der Waals surface area (Å²) in [5.74, 6) is 2.44. The highest BCUT2D eigenvalue weighted by Gasteiger charge is 2.38. The molecule has 3 rings (SSSR count). The van der Waals surface area contributed by atoms with Crippen molar-refractivity contribution in [3.63, 3.8) is 0 Å². The van der Waals surface area contributed by atoms with Crippen LogP contribution in [0.1, 0.15) is 49.4 Å². The highest BCUT2D eigenvalue weighted by molar-refractivity contribution is 5.83. The van der Waals surface area contributed by atoms with E-state index < -0.39 is 0 Å². The van der Waals surface area contributed by atoms with E-state index in [1.54, 1.807) is 0 Å². The van der Waals surface area contributed by atoms with Gasteiger partial charge in [0, 0.05) is 18.4 Å². The van der Waals surface area contributed by atoms with Gasteiger partial charge in [-0.2, -0.15) is 0 Å². The number of ketones is 1. The number of rotatable bonds is 3. The number of oxazole rings is 1. The Balaban J connectivity index is 1.71. The van der Waals surface area contributed by atoms with Crippen molar-refractivity contribution in [2.45, 2.75) is 58.5 Å².